The van der Waals surface area contributed by atoms with Gasteiger partial charge in [-0.15, -0.1) is 0 Å². The van der Waals surface area contributed by atoms with E-state index < -0.39 is 10.8 Å². The molecule has 1 amide bonds. The van der Waals surface area contributed by atoms with Crippen LogP contribution >= 0.6 is 0 Å². The number of amides is 1. The Morgan fingerprint density at radius 1 is 1.13 bits per heavy atom. The van der Waals surface area contributed by atoms with Gasteiger partial charge in [-0.2, -0.15) is 0 Å². The third-order valence-corrected chi connectivity index (χ3v) is 4.86. The number of hydrogen-bond acceptors (Lipinski definition) is 3. The van der Waals surface area contributed by atoms with Crippen LogP contribution in [0.25, 0.3) is 0 Å². The van der Waals surface area contributed by atoms with E-state index in [1.807, 2.05) is 31.2 Å². The summed E-state index contributed by atoms with van der Waals surface area (Å²) in [5.41, 5.74) is 1.53. The predicted molar refractivity (Wildman–Crippen MR) is 92.3 cm³/mol. The molecule has 0 saturated heterocycles. The van der Waals surface area contributed by atoms with E-state index in [9.17, 15) is 9.00 Å². The molecule has 122 valence electrons. The minimum atomic E-state index is -1.05. The van der Waals surface area contributed by atoms with Gasteiger partial charge in [0.05, 0.1) is 13.2 Å². The molecule has 0 N–H and O–H groups in total. The molecule has 0 heterocycles. The quantitative estimate of drug-likeness (QED) is 0.845. The van der Waals surface area contributed by atoms with Gasteiger partial charge in [-0.1, -0.05) is 18.2 Å². The Balaban J connectivity index is 2.23. The topological polar surface area (TPSA) is 46.6 Å². The van der Waals surface area contributed by atoms with E-state index >= 15 is 0 Å². The van der Waals surface area contributed by atoms with E-state index in [2.05, 4.69) is 0 Å². The van der Waals surface area contributed by atoms with Crippen molar-refractivity contribution >= 4 is 16.7 Å². The van der Waals surface area contributed by atoms with E-state index in [4.69, 9.17) is 4.74 Å². The summed E-state index contributed by atoms with van der Waals surface area (Å²) < 4.78 is 16.8. The molecule has 5 heteroatoms. The van der Waals surface area contributed by atoms with Crippen LogP contribution in [0.4, 0.5) is 0 Å². The normalized spacial score (nSPS) is 13.2. The van der Waals surface area contributed by atoms with Crippen LogP contribution in [0.15, 0.2) is 53.4 Å². The van der Waals surface area contributed by atoms with Gasteiger partial charge in [0.15, 0.2) is 0 Å². The van der Waals surface area contributed by atoms with Crippen LogP contribution in [0.1, 0.15) is 28.9 Å². The summed E-state index contributed by atoms with van der Waals surface area (Å²) >= 11 is 0. The minimum Gasteiger partial charge on any atom is -0.496 e. The molecular weight excluding hydrogens is 310 g/mol. The molecular formula is C18H21NO3S. The Morgan fingerprint density at radius 3 is 2.30 bits per heavy atom. The summed E-state index contributed by atoms with van der Waals surface area (Å²) in [5, 5.41) is 0. The Bertz CT molecular complexity index is 712. The zero-order chi connectivity index (χ0) is 17.0. The van der Waals surface area contributed by atoms with Crippen LogP contribution in [0.5, 0.6) is 5.75 Å². The molecule has 2 atom stereocenters. The van der Waals surface area contributed by atoms with Gasteiger partial charge in [0.2, 0.25) is 0 Å². The van der Waals surface area contributed by atoms with Gasteiger partial charge >= 0.3 is 0 Å². The molecule has 2 aromatic rings. The van der Waals surface area contributed by atoms with Crippen molar-refractivity contribution < 1.29 is 13.7 Å². The van der Waals surface area contributed by atoms with Crippen LogP contribution in [-0.2, 0) is 10.8 Å². The van der Waals surface area contributed by atoms with E-state index in [1.54, 1.807) is 49.6 Å². The van der Waals surface area contributed by atoms with Crippen molar-refractivity contribution in [3.8, 4) is 5.75 Å². The average Bonchev–Trinajstić information content (AvgIpc) is 2.59. The van der Waals surface area contributed by atoms with Gasteiger partial charge in [-0.3, -0.25) is 9.00 Å². The van der Waals surface area contributed by atoms with E-state index in [0.717, 1.165) is 11.3 Å². The Hall–Kier alpha value is -2.14. The lowest BCUT2D eigenvalue weighted by molar-refractivity contribution is 0.0741. The van der Waals surface area contributed by atoms with Gasteiger partial charge in [-0.25, -0.2) is 0 Å². The van der Waals surface area contributed by atoms with Crippen molar-refractivity contribution in [2.45, 2.75) is 17.9 Å². The summed E-state index contributed by atoms with van der Waals surface area (Å²) in [6.45, 7) is 1.96. The first kappa shape index (κ1) is 17.2. The second kappa shape index (κ2) is 7.42. The van der Waals surface area contributed by atoms with Gasteiger partial charge in [0.1, 0.15) is 5.75 Å². The maximum Gasteiger partial charge on any atom is 0.254 e. The Morgan fingerprint density at radius 2 is 1.74 bits per heavy atom. The lowest BCUT2D eigenvalue weighted by Gasteiger charge is -2.26. The number of carbonyl (C=O) groups is 1. The molecule has 0 bridgehead atoms. The van der Waals surface area contributed by atoms with Crippen LogP contribution in [0, 0.1) is 0 Å². The highest BCUT2D eigenvalue weighted by molar-refractivity contribution is 7.84. The SMILES string of the molecule is COc1ccccc1C(C)N(C)C(=O)c1ccc(S(C)=O)cc1. The van der Waals surface area contributed by atoms with Crippen LogP contribution in [0.2, 0.25) is 0 Å². The number of benzene rings is 2. The summed E-state index contributed by atoms with van der Waals surface area (Å²) in [4.78, 5) is 15.0. The van der Waals surface area contributed by atoms with Crippen molar-refractivity contribution in [3.63, 3.8) is 0 Å². The van der Waals surface area contributed by atoms with Gasteiger partial charge < -0.3 is 9.64 Å². The molecule has 0 aliphatic heterocycles. The zero-order valence-electron chi connectivity index (χ0n) is 13.8. The maximum atomic E-state index is 12.6. The summed E-state index contributed by atoms with van der Waals surface area (Å²) in [6, 6.07) is 14.4. The van der Waals surface area contributed by atoms with Gasteiger partial charge in [0, 0.05) is 40.1 Å². The summed E-state index contributed by atoms with van der Waals surface area (Å²) in [5.74, 6) is 0.674. The van der Waals surface area contributed by atoms with Gasteiger partial charge in [-0.05, 0) is 37.3 Å². The zero-order valence-corrected chi connectivity index (χ0v) is 14.6. The highest BCUT2D eigenvalue weighted by Crippen LogP contribution is 2.29. The van der Waals surface area contributed by atoms with Gasteiger partial charge in [0.25, 0.3) is 5.91 Å². The molecule has 23 heavy (non-hydrogen) atoms. The number of ether oxygens (including phenoxy) is 1. The molecule has 2 aromatic carbocycles. The van der Waals surface area contributed by atoms with Crippen LogP contribution < -0.4 is 4.74 Å². The maximum absolute atomic E-state index is 12.6. The van der Waals surface area contributed by atoms with Crippen LogP contribution in [0.3, 0.4) is 0 Å². The largest absolute Gasteiger partial charge is 0.496 e. The molecule has 0 aliphatic rings. The predicted octanol–water partition coefficient (Wildman–Crippen LogP) is 3.27. The van der Waals surface area contributed by atoms with E-state index in [0.29, 0.717) is 10.5 Å². The number of rotatable bonds is 5. The van der Waals surface area contributed by atoms with E-state index in [-0.39, 0.29) is 11.9 Å². The third-order valence-electron chi connectivity index (χ3n) is 3.92. The van der Waals surface area contributed by atoms with Crippen molar-refractivity contribution in [2.75, 3.05) is 20.4 Å². The lowest BCUT2D eigenvalue weighted by atomic mass is 10.0. The fourth-order valence-electron chi connectivity index (χ4n) is 2.39. The summed E-state index contributed by atoms with van der Waals surface area (Å²) in [7, 11) is 2.35. The molecule has 0 saturated carbocycles. The highest BCUT2D eigenvalue weighted by atomic mass is 32.2. The molecule has 0 spiro atoms. The van der Waals surface area contributed by atoms with Crippen molar-refractivity contribution in [1.29, 1.82) is 0 Å². The fourth-order valence-corrected chi connectivity index (χ4v) is 2.91. The third kappa shape index (κ3) is 3.79. The Labute approximate surface area is 139 Å². The van der Waals surface area contributed by atoms with E-state index in [1.165, 1.54) is 0 Å². The average molecular weight is 331 g/mol. The number of methoxy groups -OCH3 is 1. The van der Waals surface area contributed by atoms with Crippen molar-refractivity contribution in [2.24, 2.45) is 0 Å². The molecule has 2 rings (SSSR count). The molecule has 2 unspecified atom stereocenters. The molecule has 0 radical (unpaired) electrons. The number of hydrogen-bond donors (Lipinski definition) is 0. The number of carbonyl (C=O) groups excluding carboxylic acids is 1. The second-order valence-electron chi connectivity index (χ2n) is 5.31. The monoisotopic (exact) mass is 331 g/mol. The smallest absolute Gasteiger partial charge is 0.254 e. The van der Waals surface area contributed by atoms with Crippen LogP contribution in [-0.4, -0.2) is 35.4 Å². The summed E-state index contributed by atoms with van der Waals surface area (Å²) in [6.07, 6.45) is 1.62. The first-order valence-electron chi connectivity index (χ1n) is 7.29. The lowest BCUT2D eigenvalue weighted by Crippen LogP contribution is -2.29. The van der Waals surface area contributed by atoms with Crippen molar-refractivity contribution in [3.05, 3.63) is 59.7 Å². The first-order chi connectivity index (χ1) is 11.0. The molecule has 0 aliphatic carbocycles. The molecule has 0 fully saturated rings. The number of nitrogens with zero attached hydrogens (tertiary/aromatic N) is 1. The number of para-hydroxylation sites is 1. The minimum absolute atomic E-state index is 0.0863. The Kier molecular flexibility index (Phi) is 5.55. The fraction of sp³-hybridized carbons (Fsp3) is 0.278. The molecule has 4 nitrogen and oxygen atoms in total. The first-order valence-corrected chi connectivity index (χ1v) is 8.85. The highest BCUT2D eigenvalue weighted by Gasteiger charge is 2.21. The van der Waals surface area contributed by atoms with Crippen molar-refractivity contribution in [1.82, 2.24) is 4.90 Å². The standard InChI is InChI=1S/C18H21NO3S/c1-13(16-7-5-6-8-17(16)22-3)19(2)18(20)14-9-11-15(12-10-14)23(4)21/h5-13H,1-4H3. The molecule has 0 aromatic heterocycles. The second-order valence-corrected chi connectivity index (χ2v) is 6.69.